The second-order valence-electron chi connectivity index (χ2n) is 19.6. The van der Waals surface area contributed by atoms with Crippen molar-refractivity contribution in [3.8, 4) is 28.1 Å². The summed E-state index contributed by atoms with van der Waals surface area (Å²) in [6.07, 6.45) is -2.01. The third kappa shape index (κ3) is 10.9. The molecule has 0 saturated carbocycles. The Hall–Kier alpha value is -6.05. The topological polar surface area (TPSA) is 198 Å². The summed E-state index contributed by atoms with van der Waals surface area (Å²) in [5.74, 6) is -4.09. The van der Waals surface area contributed by atoms with Gasteiger partial charge in [-0.3, -0.25) is 39.3 Å². The Morgan fingerprint density at radius 1 is 1.07 bits per heavy atom. The standard InChI is InChI=1S/C50H63F3N8O8/c1-10-60-38-16-15-30-23-34(38)35(43(60)33-13-11-17-54-40(33)28(4)68-9)24-49(5,6)26-69-48(67)36-14-12-18-61(57-36)46(65)37(21-29-19-31(30)22-32(62)20-29)55-45(64)42(27(2)3)59(8)39(63)25-58(7)47(66)41-44(56-41)50(51,52)53/h11,13,15-17,19-20,22-23,27-28,36-37,41-42,44,56-57,62H,10,12,14,18,21,24-26H2,1-9H3,(H,55,64)/t28-,36-,37-,41-,42-,44-/m0/s1. The van der Waals surface area contributed by atoms with Crippen molar-refractivity contribution in [2.75, 3.05) is 40.9 Å². The minimum Gasteiger partial charge on any atom is -0.508 e. The molecule has 6 atom stereocenters. The zero-order valence-electron chi connectivity index (χ0n) is 40.6. The number of likely N-dealkylation sites (N-methyl/N-ethyl adjacent to an activating group) is 2. The molecule has 2 fully saturated rings. The van der Waals surface area contributed by atoms with Crippen LogP contribution in [0.15, 0.2) is 54.7 Å². The first-order valence-electron chi connectivity index (χ1n) is 23.4. The van der Waals surface area contributed by atoms with Gasteiger partial charge < -0.3 is 34.3 Å². The average Bonchev–Trinajstić information content (AvgIpc) is 4.07. The van der Waals surface area contributed by atoms with Crippen molar-refractivity contribution < 1.29 is 51.7 Å². The van der Waals surface area contributed by atoms with E-state index < -0.39 is 83.9 Å². The Bertz CT molecular complexity index is 2620. The number of aromatic nitrogens is 2. The lowest BCUT2D eigenvalue weighted by atomic mass is 9.84. The molecule has 0 aliphatic carbocycles. The highest BCUT2D eigenvalue weighted by Crippen LogP contribution is 2.42. The summed E-state index contributed by atoms with van der Waals surface area (Å²) in [6.45, 7) is 11.8. The number of pyridine rings is 1. The average molecular weight is 961 g/mol. The number of phenolic OH excluding ortho intramolecular Hbond substituents is 1. The zero-order chi connectivity index (χ0) is 50.3. The minimum absolute atomic E-state index is 0.0528. The number of cyclic esters (lactones) is 1. The van der Waals surface area contributed by atoms with Crippen molar-refractivity contribution in [2.24, 2.45) is 11.3 Å². The number of amides is 4. The SMILES string of the molecule is CCn1c(-c2cccnc2[C@H](C)OC)c2c3cc(ccc31)-c1cc(O)cc(c1)C[C@H](NC(=O)[C@H](C(C)C)N(C)C(=O)CN(C)C(=O)[C@H]1N[C@@H]1C(F)(F)F)C(=O)N1CCC[C@H](N1)C(=O)OCC(C)(C)C2. The Balaban J connectivity index is 1.27. The number of nitrogens with zero attached hydrogens (tertiary/aromatic N) is 5. The van der Waals surface area contributed by atoms with Crippen molar-refractivity contribution in [3.63, 3.8) is 0 Å². The predicted molar refractivity (Wildman–Crippen MR) is 251 cm³/mol. The monoisotopic (exact) mass is 960 g/mol. The van der Waals surface area contributed by atoms with E-state index in [2.05, 4.69) is 33.6 Å². The molecule has 6 bridgehead atoms. The quantitative estimate of drug-likeness (QED) is 0.113. The van der Waals surface area contributed by atoms with Crippen LogP contribution in [0.25, 0.3) is 33.3 Å². The first-order valence-corrected chi connectivity index (χ1v) is 23.4. The number of esters is 1. The van der Waals surface area contributed by atoms with Gasteiger partial charge in [-0.05, 0) is 97.7 Å². The van der Waals surface area contributed by atoms with Gasteiger partial charge >= 0.3 is 12.1 Å². The third-order valence-corrected chi connectivity index (χ3v) is 13.3. The van der Waals surface area contributed by atoms with E-state index in [0.717, 1.165) is 48.8 Å². The molecule has 5 heterocycles. The number of phenols is 1. The number of rotatable bonds is 11. The highest BCUT2D eigenvalue weighted by atomic mass is 19.4. The first kappa shape index (κ1) is 50.8. The molecule has 16 nitrogen and oxygen atoms in total. The second-order valence-corrected chi connectivity index (χ2v) is 19.6. The summed E-state index contributed by atoms with van der Waals surface area (Å²) < 4.78 is 53.7. The van der Waals surface area contributed by atoms with Gasteiger partial charge in [0.15, 0.2) is 0 Å². The molecule has 3 aliphatic rings. The van der Waals surface area contributed by atoms with Gasteiger partial charge in [0, 0.05) is 68.8 Å². The van der Waals surface area contributed by atoms with Crippen molar-refractivity contribution in [1.29, 1.82) is 0 Å². The van der Waals surface area contributed by atoms with E-state index in [9.17, 15) is 42.3 Å². The van der Waals surface area contributed by atoms with Gasteiger partial charge in [-0.2, -0.15) is 13.2 Å². The number of carbonyl (C=O) groups excluding carboxylic acids is 5. The molecule has 19 heteroatoms. The van der Waals surface area contributed by atoms with Gasteiger partial charge in [0.2, 0.25) is 17.7 Å². The molecule has 69 heavy (non-hydrogen) atoms. The maximum Gasteiger partial charge on any atom is 0.405 e. The van der Waals surface area contributed by atoms with Crippen LogP contribution in [-0.2, 0) is 52.8 Å². The normalized spacial score (nSPS) is 21.6. The Morgan fingerprint density at radius 3 is 2.48 bits per heavy atom. The lowest BCUT2D eigenvalue weighted by molar-refractivity contribution is -0.155. The second kappa shape index (κ2) is 20.1. The Morgan fingerprint density at radius 2 is 1.81 bits per heavy atom. The van der Waals surface area contributed by atoms with Crippen LogP contribution >= 0.6 is 0 Å². The summed E-state index contributed by atoms with van der Waals surface area (Å²) in [5.41, 5.74) is 8.99. The number of methoxy groups -OCH3 is 1. The van der Waals surface area contributed by atoms with Crippen molar-refractivity contribution in [1.82, 2.24) is 40.4 Å². The number of halogens is 3. The van der Waals surface area contributed by atoms with E-state index in [-0.39, 0.29) is 31.4 Å². The van der Waals surface area contributed by atoms with Crippen LogP contribution in [0.1, 0.15) is 77.3 Å². The molecule has 0 spiro atoms. The summed E-state index contributed by atoms with van der Waals surface area (Å²) >= 11 is 0. The number of ether oxygens (including phenoxy) is 2. The van der Waals surface area contributed by atoms with Crippen molar-refractivity contribution in [3.05, 3.63) is 71.5 Å². The van der Waals surface area contributed by atoms with Crippen LogP contribution < -0.4 is 16.1 Å². The summed E-state index contributed by atoms with van der Waals surface area (Å²) in [6, 6.07) is 8.13. The molecule has 4 N–H and O–H groups in total. The van der Waals surface area contributed by atoms with E-state index in [1.54, 1.807) is 33.2 Å². The fraction of sp³-hybridized carbons (Fsp3) is 0.520. The summed E-state index contributed by atoms with van der Waals surface area (Å²) in [4.78, 5) is 76.2. The fourth-order valence-corrected chi connectivity index (χ4v) is 9.67. The number of hydrazine groups is 1. The minimum atomic E-state index is -4.63. The molecule has 7 rings (SSSR count). The third-order valence-electron chi connectivity index (χ3n) is 13.3. The number of fused-ring (bicyclic) bond motifs is 6. The lowest BCUT2D eigenvalue weighted by Crippen LogP contribution is -2.62. The first-order chi connectivity index (χ1) is 32.5. The van der Waals surface area contributed by atoms with Gasteiger partial charge in [0.05, 0.1) is 30.6 Å². The molecule has 4 amide bonds. The lowest BCUT2D eigenvalue weighted by Gasteiger charge is -2.37. The number of hydrogen-bond acceptors (Lipinski definition) is 11. The number of nitrogens with one attached hydrogen (secondary N) is 3. The van der Waals surface area contributed by atoms with E-state index in [0.29, 0.717) is 36.9 Å². The van der Waals surface area contributed by atoms with Crippen LogP contribution in [-0.4, -0.2) is 136 Å². The molecular formula is C50H63F3N8O8. The Labute approximate surface area is 399 Å². The Kier molecular flexibility index (Phi) is 14.8. The maximum absolute atomic E-state index is 14.7. The summed E-state index contributed by atoms with van der Waals surface area (Å²) in [7, 11) is 4.21. The van der Waals surface area contributed by atoms with Gasteiger partial charge in [-0.15, -0.1) is 0 Å². The summed E-state index contributed by atoms with van der Waals surface area (Å²) in [5, 5.41) is 18.5. The van der Waals surface area contributed by atoms with Crippen molar-refractivity contribution in [2.45, 2.75) is 116 Å². The van der Waals surface area contributed by atoms with E-state index in [1.165, 1.54) is 25.2 Å². The predicted octanol–water partition coefficient (Wildman–Crippen LogP) is 5.30. The van der Waals surface area contributed by atoms with Crippen LogP contribution in [0.2, 0.25) is 0 Å². The molecule has 2 aromatic heterocycles. The van der Waals surface area contributed by atoms with E-state index >= 15 is 0 Å². The van der Waals surface area contributed by atoms with Crippen LogP contribution in [0, 0.1) is 11.3 Å². The number of aryl methyl sites for hydroxylation is 1. The molecule has 2 aromatic carbocycles. The highest BCUT2D eigenvalue weighted by Gasteiger charge is 2.59. The van der Waals surface area contributed by atoms with Crippen molar-refractivity contribution >= 4 is 40.5 Å². The number of hydrogen-bond donors (Lipinski definition) is 4. The molecular weight excluding hydrogens is 898 g/mol. The van der Waals surface area contributed by atoms with Gasteiger partial charge in [0.25, 0.3) is 5.91 Å². The van der Waals surface area contributed by atoms with Gasteiger partial charge in [-0.1, -0.05) is 39.8 Å². The maximum atomic E-state index is 14.7. The largest absolute Gasteiger partial charge is 0.508 e. The fourth-order valence-electron chi connectivity index (χ4n) is 9.67. The smallest absolute Gasteiger partial charge is 0.405 e. The van der Waals surface area contributed by atoms with Gasteiger partial charge in [0.1, 0.15) is 36.0 Å². The molecule has 2 saturated heterocycles. The number of carbonyl (C=O) groups is 5. The molecule has 0 unspecified atom stereocenters. The number of aromatic hydroxyl groups is 1. The molecule has 3 aliphatic heterocycles. The zero-order valence-corrected chi connectivity index (χ0v) is 40.6. The highest BCUT2D eigenvalue weighted by molar-refractivity contribution is 5.96. The number of benzene rings is 2. The molecule has 372 valence electrons. The van der Waals surface area contributed by atoms with E-state index in [1.807, 2.05) is 51.1 Å². The van der Waals surface area contributed by atoms with Crippen LogP contribution in [0.5, 0.6) is 5.75 Å². The number of alkyl halides is 3. The van der Waals surface area contributed by atoms with E-state index in [4.69, 9.17) is 14.5 Å². The molecule has 0 radical (unpaired) electrons. The van der Waals surface area contributed by atoms with Crippen LogP contribution in [0.3, 0.4) is 0 Å². The van der Waals surface area contributed by atoms with Crippen LogP contribution in [0.4, 0.5) is 13.2 Å². The van der Waals surface area contributed by atoms with Gasteiger partial charge in [-0.25, -0.2) is 5.43 Å². The molecule has 4 aromatic rings.